The molecule has 4 N–H and O–H groups in total. The molecule has 0 saturated carbocycles. The summed E-state index contributed by atoms with van der Waals surface area (Å²) in [6.45, 7) is 3.40. The molecular formula is C19H23N5O3S. The van der Waals surface area contributed by atoms with E-state index in [2.05, 4.69) is 15.3 Å². The summed E-state index contributed by atoms with van der Waals surface area (Å²) in [6, 6.07) is 5.32. The maximum absolute atomic E-state index is 12.9. The normalized spacial score (nSPS) is 14.0. The predicted octanol–water partition coefficient (Wildman–Crippen LogP) is 2.27. The van der Waals surface area contributed by atoms with E-state index in [4.69, 9.17) is 5.73 Å². The standard InChI is InChI=1S/C19H23N5O3S/c1-11-6-7-12(10-13(11)18(27)24-8-4-3-5-9-24)21-16-14(15(20)25)17(26)23-19(22-16)28-2/h6-7,10H,3-5,8-9H2,1-2H3,(H2,20,25)(H2,21,22,23,26). The predicted molar refractivity (Wildman–Crippen MR) is 109 cm³/mol. The summed E-state index contributed by atoms with van der Waals surface area (Å²) in [5, 5.41) is 3.33. The first-order valence-electron chi connectivity index (χ1n) is 9.05. The summed E-state index contributed by atoms with van der Waals surface area (Å²) < 4.78 is 0. The minimum Gasteiger partial charge on any atom is -0.365 e. The molecule has 2 aromatic rings. The van der Waals surface area contributed by atoms with Gasteiger partial charge in [0.15, 0.2) is 11.0 Å². The Bertz CT molecular complexity index is 967. The zero-order valence-electron chi connectivity index (χ0n) is 15.9. The fraction of sp³-hybridized carbons (Fsp3) is 0.368. The molecule has 0 aliphatic carbocycles. The van der Waals surface area contributed by atoms with Crippen LogP contribution in [0.4, 0.5) is 11.5 Å². The van der Waals surface area contributed by atoms with Crippen molar-refractivity contribution < 1.29 is 9.59 Å². The Morgan fingerprint density at radius 3 is 2.61 bits per heavy atom. The minimum absolute atomic E-state index is 0.0142. The molecule has 28 heavy (non-hydrogen) atoms. The number of amides is 2. The lowest BCUT2D eigenvalue weighted by atomic mass is 10.0. The van der Waals surface area contributed by atoms with E-state index in [-0.39, 0.29) is 17.3 Å². The number of hydrogen-bond donors (Lipinski definition) is 3. The number of nitrogens with one attached hydrogen (secondary N) is 2. The second kappa shape index (κ2) is 8.47. The number of carbonyl (C=O) groups excluding carboxylic acids is 2. The Morgan fingerprint density at radius 1 is 1.25 bits per heavy atom. The van der Waals surface area contributed by atoms with Gasteiger partial charge >= 0.3 is 0 Å². The molecule has 148 valence electrons. The van der Waals surface area contributed by atoms with Gasteiger partial charge in [-0.05, 0) is 50.1 Å². The van der Waals surface area contributed by atoms with Crippen LogP contribution in [0.3, 0.4) is 0 Å². The maximum Gasteiger partial charge on any atom is 0.266 e. The lowest BCUT2D eigenvalue weighted by Gasteiger charge is -2.27. The monoisotopic (exact) mass is 401 g/mol. The van der Waals surface area contributed by atoms with Crippen LogP contribution in [0.5, 0.6) is 0 Å². The molecule has 2 heterocycles. The third-order valence-corrected chi connectivity index (χ3v) is 5.29. The zero-order chi connectivity index (χ0) is 20.3. The van der Waals surface area contributed by atoms with Crippen molar-refractivity contribution in [3.63, 3.8) is 0 Å². The maximum atomic E-state index is 12.9. The van der Waals surface area contributed by atoms with Crippen LogP contribution in [0.25, 0.3) is 0 Å². The van der Waals surface area contributed by atoms with Crippen molar-refractivity contribution in [2.75, 3.05) is 24.7 Å². The van der Waals surface area contributed by atoms with Gasteiger partial charge in [-0.2, -0.15) is 0 Å². The quantitative estimate of drug-likeness (QED) is 0.522. The van der Waals surface area contributed by atoms with Crippen molar-refractivity contribution in [3.8, 4) is 0 Å². The Hall–Kier alpha value is -2.81. The summed E-state index contributed by atoms with van der Waals surface area (Å²) >= 11 is 1.24. The number of aromatic nitrogens is 2. The van der Waals surface area contributed by atoms with E-state index in [1.54, 1.807) is 18.4 Å². The van der Waals surface area contributed by atoms with Crippen LogP contribution in [-0.2, 0) is 0 Å². The van der Waals surface area contributed by atoms with Crippen LogP contribution in [0.15, 0.2) is 28.2 Å². The van der Waals surface area contributed by atoms with E-state index in [1.807, 2.05) is 17.9 Å². The van der Waals surface area contributed by atoms with E-state index in [9.17, 15) is 14.4 Å². The molecule has 1 aromatic heterocycles. The molecule has 8 nitrogen and oxygen atoms in total. The lowest BCUT2D eigenvalue weighted by Crippen LogP contribution is -2.36. The van der Waals surface area contributed by atoms with Crippen molar-refractivity contribution in [3.05, 3.63) is 45.2 Å². The van der Waals surface area contributed by atoms with E-state index in [0.717, 1.165) is 37.9 Å². The van der Waals surface area contributed by atoms with Crippen LogP contribution in [0.1, 0.15) is 45.5 Å². The van der Waals surface area contributed by atoms with Crippen LogP contribution < -0.4 is 16.6 Å². The topological polar surface area (TPSA) is 121 Å². The highest BCUT2D eigenvalue weighted by Gasteiger charge is 2.21. The number of hydrogen-bond acceptors (Lipinski definition) is 6. The van der Waals surface area contributed by atoms with E-state index >= 15 is 0 Å². The molecule has 1 fully saturated rings. The Morgan fingerprint density at radius 2 is 1.96 bits per heavy atom. The van der Waals surface area contributed by atoms with Gasteiger partial charge in [-0.25, -0.2) is 4.98 Å². The third-order valence-electron chi connectivity index (χ3n) is 4.71. The van der Waals surface area contributed by atoms with Crippen LogP contribution in [-0.4, -0.2) is 46.0 Å². The first-order chi connectivity index (χ1) is 13.4. The number of carbonyl (C=O) groups is 2. The number of H-pyrrole nitrogens is 1. The number of rotatable bonds is 5. The Labute approximate surface area is 166 Å². The van der Waals surface area contributed by atoms with Gasteiger partial charge in [0.25, 0.3) is 17.4 Å². The molecule has 0 bridgehead atoms. The third kappa shape index (κ3) is 4.19. The number of piperidine rings is 1. The molecule has 1 aliphatic rings. The fourth-order valence-corrected chi connectivity index (χ4v) is 3.58. The number of aryl methyl sites for hydroxylation is 1. The molecule has 0 unspecified atom stereocenters. The molecule has 1 aromatic carbocycles. The number of nitrogens with two attached hydrogens (primary N) is 1. The number of likely N-dealkylation sites (tertiary alicyclic amines) is 1. The number of primary amides is 1. The van der Waals surface area contributed by atoms with Gasteiger partial charge in [-0.15, -0.1) is 0 Å². The molecule has 9 heteroatoms. The summed E-state index contributed by atoms with van der Waals surface area (Å²) in [7, 11) is 0. The van der Waals surface area contributed by atoms with Gasteiger partial charge in [0.05, 0.1) is 0 Å². The molecule has 1 saturated heterocycles. The Balaban J connectivity index is 1.96. The zero-order valence-corrected chi connectivity index (χ0v) is 16.7. The summed E-state index contributed by atoms with van der Waals surface area (Å²) in [5.41, 5.74) is 6.50. The van der Waals surface area contributed by atoms with E-state index < -0.39 is 11.5 Å². The van der Waals surface area contributed by atoms with Crippen molar-refractivity contribution >= 4 is 35.1 Å². The van der Waals surface area contributed by atoms with Gasteiger partial charge in [-0.1, -0.05) is 17.8 Å². The molecular weight excluding hydrogens is 378 g/mol. The van der Waals surface area contributed by atoms with Crippen LogP contribution in [0.2, 0.25) is 0 Å². The van der Waals surface area contributed by atoms with Gasteiger partial charge in [0.1, 0.15) is 5.56 Å². The average molecular weight is 401 g/mol. The SMILES string of the molecule is CSc1nc(Nc2ccc(C)c(C(=O)N3CCCCC3)c2)c(C(N)=O)c(=O)[nH]1. The lowest BCUT2D eigenvalue weighted by molar-refractivity contribution is 0.0723. The molecule has 2 amide bonds. The largest absolute Gasteiger partial charge is 0.365 e. The van der Waals surface area contributed by atoms with Gasteiger partial charge in [0, 0.05) is 24.3 Å². The molecule has 3 rings (SSSR count). The highest BCUT2D eigenvalue weighted by atomic mass is 32.2. The number of aromatic amines is 1. The van der Waals surface area contributed by atoms with Crippen molar-refractivity contribution in [2.24, 2.45) is 5.73 Å². The van der Waals surface area contributed by atoms with Crippen LogP contribution in [0, 0.1) is 6.92 Å². The molecule has 0 radical (unpaired) electrons. The Kier molecular flexibility index (Phi) is 6.03. The highest BCUT2D eigenvalue weighted by Crippen LogP contribution is 2.23. The summed E-state index contributed by atoms with van der Waals surface area (Å²) in [5.74, 6) is -0.818. The second-order valence-corrected chi connectivity index (χ2v) is 7.47. The number of thioether (sulfide) groups is 1. The first kappa shape index (κ1) is 19.9. The number of benzene rings is 1. The van der Waals surface area contributed by atoms with Gasteiger partial charge in [0.2, 0.25) is 0 Å². The minimum atomic E-state index is -0.874. The van der Waals surface area contributed by atoms with Crippen molar-refractivity contribution in [2.45, 2.75) is 31.3 Å². The smallest absolute Gasteiger partial charge is 0.266 e. The second-order valence-electron chi connectivity index (χ2n) is 6.67. The number of nitrogens with zero attached hydrogens (tertiary/aromatic N) is 2. The molecule has 0 atom stereocenters. The van der Waals surface area contributed by atoms with Gasteiger partial charge < -0.3 is 20.9 Å². The summed E-state index contributed by atoms with van der Waals surface area (Å²) in [4.78, 5) is 45.4. The van der Waals surface area contributed by atoms with Gasteiger partial charge in [-0.3, -0.25) is 14.4 Å². The molecule has 1 aliphatic heterocycles. The van der Waals surface area contributed by atoms with E-state index in [1.165, 1.54) is 11.8 Å². The van der Waals surface area contributed by atoms with Crippen molar-refractivity contribution in [1.29, 1.82) is 0 Å². The average Bonchev–Trinajstić information content (AvgIpc) is 2.68. The fourth-order valence-electron chi connectivity index (χ4n) is 3.20. The first-order valence-corrected chi connectivity index (χ1v) is 10.3. The van der Waals surface area contributed by atoms with E-state index in [0.29, 0.717) is 16.4 Å². The van der Waals surface area contributed by atoms with Crippen LogP contribution >= 0.6 is 11.8 Å². The highest BCUT2D eigenvalue weighted by molar-refractivity contribution is 7.98. The number of anilines is 2. The van der Waals surface area contributed by atoms with Crippen molar-refractivity contribution in [1.82, 2.24) is 14.9 Å². The molecule has 0 spiro atoms. The summed E-state index contributed by atoms with van der Waals surface area (Å²) in [6.07, 6.45) is 4.93.